The number of amides is 1. The van der Waals surface area contributed by atoms with Gasteiger partial charge < -0.3 is 34.1 Å². The summed E-state index contributed by atoms with van der Waals surface area (Å²) in [5.74, 6) is 1.99. The van der Waals surface area contributed by atoms with Crippen LogP contribution in [0, 0.1) is 0 Å². The van der Waals surface area contributed by atoms with E-state index in [1.165, 1.54) is 14.2 Å². The number of hydrogen-bond acceptors (Lipinski definition) is 8. The highest BCUT2D eigenvalue weighted by Crippen LogP contribution is 2.45. The zero-order valence-electron chi connectivity index (χ0n) is 24.2. The lowest BCUT2D eigenvalue weighted by atomic mass is 9.84. The van der Waals surface area contributed by atoms with Crippen LogP contribution in [0.15, 0.2) is 72.2 Å². The van der Waals surface area contributed by atoms with E-state index in [1.54, 1.807) is 67.8 Å². The summed E-state index contributed by atoms with van der Waals surface area (Å²) in [4.78, 5) is 19.1. The Morgan fingerprint density at radius 2 is 1.74 bits per heavy atom. The zero-order chi connectivity index (χ0) is 31.0. The van der Waals surface area contributed by atoms with Gasteiger partial charge in [0.1, 0.15) is 23.0 Å². The van der Waals surface area contributed by atoms with Gasteiger partial charge in [-0.3, -0.25) is 4.79 Å². The molecule has 0 bridgehead atoms. The van der Waals surface area contributed by atoms with Gasteiger partial charge in [0.15, 0.2) is 11.6 Å². The van der Waals surface area contributed by atoms with E-state index >= 15 is 0 Å². The molecule has 3 aromatic carbocycles. The third-order valence-electron chi connectivity index (χ3n) is 6.97. The van der Waals surface area contributed by atoms with Crippen molar-refractivity contribution in [2.24, 2.45) is 4.99 Å². The number of carbonyl (C=O) groups is 1. The Labute approximate surface area is 261 Å². The summed E-state index contributed by atoms with van der Waals surface area (Å²) in [6.45, 7) is 4.41. The molecule has 1 amide bonds. The minimum absolute atomic E-state index is 0.0445. The fourth-order valence-corrected chi connectivity index (χ4v) is 5.31. The van der Waals surface area contributed by atoms with Gasteiger partial charge >= 0.3 is 0 Å². The van der Waals surface area contributed by atoms with E-state index < -0.39 is 17.6 Å². The molecule has 1 heterocycles. The average molecular weight is 630 g/mol. The summed E-state index contributed by atoms with van der Waals surface area (Å²) < 4.78 is 28.5. The number of carbonyl (C=O) groups excluding carboxylic acids is 1. The molecular formula is C32H34Cl2N2O7. The number of nitrogens with zero attached hydrogens (tertiary/aromatic N) is 1. The van der Waals surface area contributed by atoms with Gasteiger partial charge in [0, 0.05) is 52.8 Å². The van der Waals surface area contributed by atoms with Crippen molar-refractivity contribution in [1.29, 1.82) is 0 Å². The molecule has 11 heteroatoms. The molecular weight excluding hydrogens is 595 g/mol. The maximum atomic E-state index is 14.2. The Morgan fingerprint density at radius 1 is 1.05 bits per heavy atom. The Balaban J connectivity index is 1.73. The molecule has 3 aromatic rings. The van der Waals surface area contributed by atoms with Crippen LogP contribution in [0.1, 0.15) is 35.6 Å². The molecule has 9 nitrogen and oxygen atoms in total. The quantitative estimate of drug-likeness (QED) is 0.168. The number of nitrogens with one attached hydrogen (secondary N) is 1. The molecule has 0 aliphatic carbocycles. The van der Waals surface area contributed by atoms with E-state index in [0.717, 1.165) is 0 Å². The number of benzene rings is 3. The molecule has 0 radical (unpaired) electrons. The minimum Gasteiger partial charge on any atom is -0.496 e. The highest BCUT2D eigenvalue weighted by atomic mass is 35.5. The molecule has 0 saturated heterocycles. The van der Waals surface area contributed by atoms with E-state index in [-0.39, 0.29) is 25.5 Å². The Morgan fingerprint density at radius 3 is 2.33 bits per heavy atom. The smallest absolute Gasteiger partial charge is 0.252 e. The summed E-state index contributed by atoms with van der Waals surface area (Å²) in [6, 6.07) is 15.6. The highest BCUT2D eigenvalue weighted by Gasteiger charge is 2.53. The Bertz CT molecular complexity index is 1450. The molecule has 4 rings (SSSR count). The van der Waals surface area contributed by atoms with Crippen LogP contribution < -0.4 is 24.3 Å². The van der Waals surface area contributed by atoms with Gasteiger partial charge in [-0.1, -0.05) is 35.3 Å². The van der Waals surface area contributed by atoms with Gasteiger partial charge in [-0.05, 0) is 36.4 Å². The minimum atomic E-state index is -1.46. The fourth-order valence-electron chi connectivity index (χ4n) is 4.80. The number of ether oxygens (including phenoxy) is 5. The molecule has 2 N–H and O–H groups in total. The molecule has 0 fully saturated rings. The number of aliphatic hydroxyl groups excluding tert-OH is 1. The highest BCUT2D eigenvalue weighted by molar-refractivity contribution is 6.35. The Hall–Kier alpha value is -3.92. The number of aliphatic imine (C=N–C) groups is 1. The molecule has 0 saturated carbocycles. The van der Waals surface area contributed by atoms with Gasteiger partial charge in [-0.15, -0.1) is 6.58 Å². The first-order valence-corrected chi connectivity index (χ1v) is 14.3. The van der Waals surface area contributed by atoms with Crippen LogP contribution in [0.5, 0.6) is 23.0 Å². The first-order valence-electron chi connectivity index (χ1n) is 13.5. The number of hydrogen-bond donors (Lipinski definition) is 2. The summed E-state index contributed by atoms with van der Waals surface area (Å²) in [6.07, 6.45) is 1.39. The zero-order valence-corrected chi connectivity index (χ0v) is 25.7. The first kappa shape index (κ1) is 32.0. The summed E-state index contributed by atoms with van der Waals surface area (Å²) in [5, 5.41) is 12.8. The molecule has 2 atom stereocenters. The fraction of sp³-hybridized carbons (Fsp3) is 0.312. The first-order chi connectivity index (χ1) is 20.8. The van der Waals surface area contributed by atoms with Crippen molar-refractivity contribution in [3.63, 3.8) is 0 Å². The van der Waals surface area contributed by atoms with Crippen molar-refractivity contribution in [2.45, 2.75) is 31.0 Å². The lowest BCUT2D eigenvalue weighted by molar-refractivity contribution is -0.129. The van der Waals surface area contributed by atoms with Crippen LogP contribution in [-0.2, 0) is 16.1 Å². The third-order valence-corrected chi connectivity index (χ3v) is 7.54. The predicted molar refractivity (Wildman–Crippen MR) is 166 cm³/mol. The third kappa shape index (κ3) is 7.01. The monoisotopic (exact) mass is 628 g/mol. The summed E-state index contributed by atoms with van der Waals surface area (Å²) in [5.41, 5.74) is 0.346. The SMILES string of the molecule is C=CC[C@@]1(C(=O)NCc2c(OC)cc(OC)cc2OC)N=C(c2ccc(OCCCO)cc2)O[C@@H]1c1ccc(Cl)cc1Cl. The van der Waals surface area contributed by atoms with Gasteiger partial charge in [-0.2, -0.15) is 0 Å². The largest absolute Gasteiger partial charge is 0.496 e. The maximum Gasteiger partial charge on any atom is 0.252 e. The van der Waals surface area contributed by atoms with Crippen LogP contribution in [0.25, 0.3) is 0 Å². The predicted octanol–water partition coefficient (Wildman–Crippen LogP) is 5.93. The van der Waals surface area contributed by atoms with Gasteiger partial charge in [0.2, 0.25) is 5.90 Å². The van der Waals surface area contributed by atoms with E-state index in [1.807, 2.05) is 0 Å². The van der Waals surface area contributed by atoms with E-state index in [4.69, 9.17) is 57.0 Å². The molecule has 1 aliphatic rings. The second kappa shape index (κ2) is 14.5. The standard InChI is InChI=1S/C32H34Cl2N2O7/c1-5-13-32(31(38)35-19-25-27(40-3)17-23(39-2)18-28(25)41-4)29(24-12-9-21(33)16-26(24)34)43-30(36-32)20-7-10-22(11-8-20)42-15-6-14-37/h5,7-12,16-18,29,37H,1,6,13-15,19H2,2-4H3,(H,35,38)/t29-,32-/m1/s1. The van der Waals surface area contributed by atoms with Crippen molar-refractivity contribution < 1.29 is 33.6 Å². The van der Waals surface area contributed by atoms with Crippen molar-refractivity contribution in [3.8, 4) is 23.0 Å². The lowest BCUT2D eigenvalue weighted by Gasteiger charge is -2.30. The van der Waals surface area contributed by atoms with Crippen LogP contribution in [0.4, 0.5) is 0 Å². The number of rotatable bonds is 14. The lowest BCUT2D eigenvalue weighted by Crippen LogP contribution is -2.47. The molecule has 43 heavy (non-hydrogen) atoms. The number of aliphatic hydroxyl groups is 1. The van der Waals surface area contributed by atoms with E-state index in [2.05, 4.69) is 11.9 Å². The van der Waals surface area contributed by atoms with Crippen LogP contribution in [0.2, 0.25) is 10.0 Å². The van der Waals surface area contributed by atoms with Crippen molar-refractivity contribution in [1.82, 2.24) is 5.32 Å². The molecule has 1 aliphatic heterocycles. The van der Waals surface area contributed by atoms with Gasteiger partial charge in [0.05, 0.1) is 40.0 Å². The molecule has 0 aromatic heterocycles. The van der Waals surface area contributed by atoms with Gasteiger partial charge in [0.25, 0.3) is 5.91 Å². The average Bonchev–Trinajstić information content (AvgIpc) is 3.40. The van der Waals surface area contributed by atoms with Crippen LogP contribution in [-0.4, -0.2) is 57.0 Å². The van der Waals surface area contributed by atoms with E-state index in [0.29, 0.717) is 62.8 Å². The van der Waals surface area contributed by atoms with Crippen molar-refractivity contribution in [2.75, 3.05) is 34.5 Å². The molecule has 0 unspecified atom stereocenters. The summed E-state index contributed by atoms with van der Waals surface area (Å²) in [7, 11) is 4.60. The topological polar surface area (TPSA) is 108 Å². The molecule has 228 valence electrons. The van der Waals surface area contributed by atoms with Crippen molar-refractivity contribution >= 4 is 35.0 Å². The van der Waals surface area contributed by atoms with E-state index in [9.17, 15) is 4.79 Å². The molecule has 0 spiro atoms. The van der Waals surface area contributed by atoms with Crippen molar-refractivity contribution in [3.05, 3.63) is 94.0 Å². The summed E-state index contributed by atoms with van der Waals surface area (Å²) >= 11 is 12.8. The normalized spacial score (nSPS) is 17.4. The maximum absolute atomic E-state index is 14.2. The number of halogens is 2. The number of methoxy groups -OCH3 is 3. The van der Waals surface area contributed by atoms with Gasteiger partial charge in [-0.25, -0.2) is 4.99 Å². The second-order valence-corrected chi connectivity index (χ2v) is 10.5. The second-order valence-electron chi connectivity index (χ2n) is 9.64. The Kier molecular flexibility index (Phi) is 10.8. The van der Waals surface area contributed by atoms with Crippen LogP contribution >= 0.6 is 23.2 Å². The van der Waals surface area contributed by atoms with Crippen LogP contribution in [0.3, 0.4) is 0 Å².